The molecule has 0 aliphatic heterocycles. The monoisotopic (exact) mass is 414 g/mol. The summed E-state index contributed by atoms with van der Waals surface area (Å²) in [5.74, 6) is 0.224. The summed E-state index contributed by atoms with van der Waals surface area (Å²) >= 11 is 5.91. The van der Waals surface area contributed by atoms with Crippen LogP contribution in [0.1, 0.15) is 20.9 Å². The van der Waals surface area contributed by atoms with Gasteiger partial charge >= 0.3 is 0 Å². The Hall–Kier alpha value is -3.45. The second-order valence-corrected chi connectivity index (χ2v) is 6.40. The van der Waals surface area contributed by atoms with E-state index in [9.17, 15) is 9.59 Å². The Kier molecular flexibility index (Phi) is 6.41. The van der Waals surface area contributed by atoms with Crippen LogP contribution in [-0.2, 0) is 0 Å². The fourth-order valence-corrected chi connectivity index (χ4v) is 2.76. The van der Waals surface area contributed by atoms with Crippen molar-refractivity contribution >= 4 is 29.0 Å². The number of furan rings is 1. The smallest absolute Gasteiger partial charge is 0.288 e. The number of benzene rings is 2. The molecule has 1 aromatic heterocycles. The fraction of sp³-hybridized carbons (Fsp3) is 0.143. The zero-order valence-corrected chi connectivity index (χ0v) is 16.5. The van der Waals surface area contributed by atoms with Crippen molar-refractivity contribution in [1.82, 2.24) is 5.32 Å². The van der Waals surface area contributed by atoms with Crippen molar-refractivity contribution in [2.24, 2.45) is 0 Å². The molecule has 2 N–H and O–H groups in total. The lowest BCUT2D eigenvalue weighted by atomic mass is 10.1. The Morgan fingerprint density at radius 3 is 2.41 bits per heavy atom. The molecule has 1 heterocycles. The Morgan fingerprint density at radius 2 is 1.79 bits per heavy atom. The van der Waals surface area contributed by atoms with Gasteiger partial charge in [0.15, 0.2) is 11.9 Å². The number of carbonyl (C=O) groups excluding carboxylic acids is 2. The summed E-state index contributed by atoms with van der Waals surface area (Å²) in [6.45, 7) is 0. The van der Waals surface area contributed by atoms with Crippen LogP contribution >= 0.6 is 11.6 Å². The van der Waals surface area contributed by atoms with Crippen LogP contribution in [0, 0.1) is 0 Å². The summed E-state index contributed by atoms with van der Waals surface area (Å²) in [5.41, 5.74) is 0.875. The number of nitrogens with one attached hydrogen (secondary N) is 2. The number of carbonyl (C=O) groups is 2. The highest BCUT2D eigenvalue weighted by atomic mass is 35.5. The van der Waals surface area contributed by atoms with Crippen LogP contribution < -0.4 is 20.1 Å². The molecule has 0 fully saturated rings. The number of anilines is 1. The Balaban J connectivity index is 1.90. The van der Waals surface area contributed by atoms with Gasteiger partial charge in [0.1, 0.15) is 11.5 Å². The summed E-state index contributed by atoms with van der Waals surface area (Å²) in [7, 11) is 3.04. The number of hydrogen-bond acceptors (Lipinski definition) is 6. The van der Waals surface area contributed by atoms with Crippen LogP contribution in [0.5, 0.6) is 11.5 Å². The minimum atomic E-state index is -1.09. The molecule has 0 spiro atoms. The van der Waals surface area contributed by atoms with Gasteiger partial charge in [-0.3, -0.25) is 9.59 Å². The molecule has 1 unspecified atom stereocenters. The molecule has 0 saturated heterocycles. The lowest BCUT2D eigenvalue weighted by Gasteiger charge is -2.21. The maximum atomic E-state index is 13.1. The van der Waals surface area contributed by atoms with Gasteiger partial charge in [0.2, 0.25) is 5.78 Å². The number of halogens is 1. The molecule has 1 amide bonds. The van der Waals surface area contributed by atoms with Crippen LogP contribution in [0.4, 0.5) is 5.69 Å². The van der Waals surface area contributed by atoms with Crippen molar-refractivity contribution in [2.45, 2.75) is 6.17 Å². The van der Waals surface area contributed by atoms with Gasteiger partial charge in [-0.1, -0.05) is 11.6 Å². The molecule has 7 nitrogen and oxygen atoms in total. The van der Waals surface area contributed by atoms with E-state index in [0.29, 0.717) is 27.8 Å². The van der Waals surface area contributed by atoms with E-state index in [1.165, 1.54) is 19.4 Å². The zero-order valence-electron chi connectivity index (χ0n) is 15.8. The van der Waals surface area contributed by atoms with Gasteiger partial charge in [0.05, 0.1) is 26.2 Å². The molecule has 0 aliphatic rings. The second kappa shape index (κ2) is 9.16. The van der Waals surface area contributed by atoms with E-state index >= 15 is 0 Å². The SMILES string of the molecule is COc1ccc(NC(NC(=O)c2ccco2)C(=O)c2ccc(Cl)cc2)c(OC)c1. The molecule has 150 valence electrons. The van der Waals surface area contributed by atoms with Gasteiger partial charge in [-0.2, -0.15) is 0 Å². The topological polar surface area (TPSA) is 89.8 Å². The highest BCUT2D eigenvalue weighted by Gasteiger charge is 2.25. The van der Waals surface area contributed by atoms with Crippen LogP contribution in [0.3, 0.4) is 0 Å². The van der Waals surface area contributed by atoms with Crippen molar-refractivity contribution in [1.29, 1.82) is 0 Å². The molecule has 1 atom stereocenters. The summed E-state index contributed by atoms with van der Waals surface area (Å²) < 4.78 is 15.7. The van der Waals surface area contributed by atoms with Gasteiger partial charge in [-0.05, 0) is 48.5 Å². The van der Waals surface area contributed by atoms with Gasteiger partial charge in [-0.15, -0.1) is 0 Å². The molecular weight excluding hydrogens is 396 g/mol. The molecule has 3 aromatic rings. The molecule has 0 aliphatic carbocycles. The van der Waals surface area contributed by atoms with Gasteiger partial charge < -0.3 is 24.5 Å². The largest absolute Gasteiger partial charge is 0.497 e. The van der Waals surface area contributed by atoms with E-state index in [1.54, 1.807) is 55.6 Å². The molecule has 8 heteroatoms. The second-order valence-electron chi connectivity index (χ2n) is 5.97. The number of methoxy groups -OCH3 is 2. The van der Waals surface area contributed by atoms with E-state index in [4.69, 9.17) is 25.5 Å². The zero-order chi connectivity index (χ0) is 20.8. The molecule has 3 rings (SSSR count). The number of rotatable bonds is 8. The maximum Gasteiger partial charge on any atom is 0.288 e. The van der Waals surface area contributed by atoms with Crippen LogP contribution in [0.15, 0.2) is 65.3 Å². The van der Waals surface area contributed by atoms with E-state index < -0.39 is 12.1 Å². The standard InChI is InChI=1S/C21H19ClN2O5/c1-27-15-9-10-16(18(12-15)28-2)23-20(24-21(26)17-4-3-11-29-17)19(25)13-5-7-14(22)8-6-13/h3-12,20,23H,1-2H3,(H,24,26). The number of Topliss-reactive ketones (excluding diaryl/α,β-unsaturated/α-hetero) is 1. The normalized spacial score (nSPS) is 11.4. The molecule has 0 radical (unpaired) electrons. The third kappa shape index (κ3) is 4.89. The molecule has 2 aromatic carbocycles. The van der Waals surface area contributed by atoms with Crippen LogP contribution in [-0.4, -0.2) is 32.1 Å². The minimum absolute atomic E-state index is 0.0856. The number of hydrogen-bond donors (Lipinski definition) is 2. The fourth-order valence-electron chi connectivity index (χ4n) is 2.63. The average Bonchev–Trinajstić information content (AvgIpc) is 3.28. The van der Waals surface area contributed by atoms with E-state index in [1.807, 2.05) is 0 Å². The predicted molar refractivity (Wildman–Crippen MR) is 109 cm³/mol. The Bertz CT molecular complexity index is 987. The first-order chi connectivity index (χ1) is 14.0. The highest BCUT2D eigenvalue weighted by molar-refractivity contribution is 6.30. The van der Waals surface area contributed by atoms with E-state index in [-0.39, 0.29) is 11.5 Å². The molecule has 0 saturated carbocycles. The maximum absolute atomic E-state index is 13.1. The van der Waals surface area contributed by atoms with Gasteiger partial charge in [0.25, 0.3) is 5.91 Å². The summed E-state index contributed by atoms with van der Waals surface area (Å²) in [4.78, 5) is 25.6. The molecular formula is C21H19ClN2O5. The Labute approximate surface area is 172 Å². The summed E-state index contributed by atoms with van der Waals surface area (Å²) in [6.07, 6.45) is 0.293. The van der Waals surface area contributed by atoms with Crippen LogP contribution in [0.25, 0.3) is 0 Å². The van der Waals surface area contributed by atoms with E-state index in [2.05, 4.69) is 10.6 Å². The third-order valence-electron chi connectivity index (χ3n) is 4.12. The average molecular weight is 415 g/mol. The third-order valence-corrected chi connectivity index (χ3v) is 4.37. The first kappa shape index (κ1) is 20.3. The first-order valence-corrected chi connectivity index (χ1v) is 9.02. The van der Waals surface area contributed by atoms with Crippen molar-refractivity contribution in [3.63, 3.8) is 0 Å². The van der Waals surface area contributed by atoms with Crippen molar-refractivity contribution < 1.29 is 23.5 Å². The number of ketones is 1. The minimum Gasteiger partial charge on any atom is -0.497 e. The number of amides is 1. The quantitative estimate of drug-likeness (QED) is 0.427. The lowest BCUT2D eigenvalue weighted by molar-refractivity contribution is 0.0852. The van der Waals surface area contributed by atoms with Gasteiger partial charge in [0, 0.05) is 16.7 Å². The van der Waals surface area contributed by atoms with Crippen molar-refractivity contribution in [3.8, 4) is 11.5 Å². The highest BCUT2D eigenvalue weighted by Crippen LogP contribution is 2.29. The van der Waals surface area contributed by atoms with Crippen molar-refractivity contribution in [2.75, 3.05) is 19.5 Å². The predicted octanol–water partition coefficient (Wildman–Crippen LogP) is 4.00. The molecule has 0 bridgehead atoms. The lowest BCUT2D eigenvalue weighted by Crippen LogP contribution is -2.46. The summed E-state index contributed by atoms with van der Waals surface area (Å²) in [6, 6.07) is 14.6. The summed E-state index contributed by atoms with van der Waals surface area (Å²) in [5, 5.41) is 6.17. The van der Waals surface area contributed by atoms with E-state index in [0.717, 1.165) is 0 Å². The van der Waals surface area contributed by atoms with Crippen LogP contribution in [0.2, 0.25) is 5.02 Å². The van der Waals surface area contributed by atoms with Gasteiger partial charge in [-0.25, -0.2) is 0 Å². The number of ether oxygens (including phenoxy) is 2. The molecule has 29 heavy (non-hydrogen) atoms. The first-order valence-electron chi connectivity index (χ1n) is 8.64. The van der Waals surface area contributed by atoms with Crippen molar-refractivity contribution in [3.05, 3.63) is 77.2 Å². The Morgan fingerprint density at radius 1 is 1.03 bits per heavy atom.